The zero-order chi connectivity index (χ0) is 19.5. The molecule has 0 saturated heterocycles. The van der Waals surface area contributed by atoms with E-state index >= 15 is 0 Å². The highest BCUT2D eigenvalue weighted by Gasteiger charge is 2.31. The summed E-state index contributed by atoms with van der Waals surface area (Å²) in [6, 6.07) is 12.0. The van der Waals surface area contributed by atoms with E-state index in [-0.39, 0.29) is 5.91 Å². The van der Waals surface area contributed by atoms with Crippen molar-refractivity contribution < 1.29 is 13.2 Å². The van der Waals surface area contributed by atoms with E-state index in [1.807, 2.05) is 45.0 Å². The summed E-state index contributed by atoms with van der Waals surface area (Å²) in [5.41, 5.74) is 4.22. The van der Waals surface area contributed by atoms with Crippen molar-refractivity contribution in [3.05, 3.63) is 59.2 Å². The van der Waals surface area contributed by atoms with Crippen LogP contribution in [0.2, 0.25) is 0 Å². The Bertz CT molecular complexity index is 907. The molecule has 0 heterocycles. The van der Waals surface area contributed by atoms with Crippen molar-refractivity contribution in [2.75, 3.05) is 15.9 Å². The topological polar surface area (TPSA) is 66.5 Å². The minimum atomic E-state index is -3.63. The van der Waals surface area contributed by atoms with Crippen LogP contribution in [0.1, 0.15) is 30.0 Å². The normalized spacial score (nSPS) is 12.5. The van der Waals surface area contributed by atoms with Crippen molar-refractivity contribution >= 4 is 27.3 Å². The maximum absolute atomic E-state index is 12.9. The number of anilines is 2. The molecule has 2 aromatic carbocycles. The summed E-state index contributed by atoms with van der Waals surface area (Å²) in [4.78, 5) is 12.9. The molecule has 0 aliphatic heterocycles. The first-order chi connectivity index (χ1) is 12.1. The number of amides is 1. The van der Waals surface area contributed by atoms with Gasteiger partial charge in [0.1, 0.15) is 6.04 Å². The van der Waals surface area contributed by atoms with Gasteiger partial charge in [0.05, 0.1) is 11.9 Å². The monoisotopic (exact) mass is 374 g/mol. The molecule has 0 aliphatic carbocycles. The first-order valence-electron chi connectivity index (χ1n) is 8.57. The molecule has 1 atom stereocenters. The average molecular weight is 375 g/mol. The predicted octanol–water partition coefficient (Wildman–Crippen LogP) is 3.80. The number of hydrogen-bond donors (Lipinski definition) is 1. The van der Waals surface area contributed by atoms with Crippen LogP contribution in [0.4, 0.5) is 11.4 Å². The highest BCUT2D eigenvalue weighted by atomic mass is 32.2. The van der Waals surface area contributed by atoms with E-state index in [2.05, 4.69) is 5.32 Å². The second-order valence-corrected chi connectivity index (χ2v) is 8.47. The Labute approximate surface area is 156 Å². The lowest BCUT2D eigenvalue weighted by atomic mass is 10.1. The van der Waals surface area contributed by atoms with E-state index in [4.69, 9.17) is 0 Å². The Morgan fingerprint density at radius 2 is 1.77 bits per heavy atom. The molecule has 2 rings (SSSR count). The van der Waals surface area contributed by atoms with Crippen LogP contribution < -0.4 is 9.62 Å². The minimum absolute atomic E-state index is 0.346. The molecule has 26 heavy (non-hydrogen) atoms. The van der Waals surface area contributed by atoms with Gasteiger partial charge in [-0.2, -0.15) is 0 Å². The quantitative estimate of drug-likeness (QED) is 0.836. The van der Waals surface area contributed by atoms with E-state index in [0.29, 0.717) is 17.8 Å². The summed E-state index contributed by atoms with van der Waals surface area (Å²) in [5, 5.41) is 2.84. The molecule has 1 amide bonds. The Hall–Kier alpha value is -2.34. The van der Waals surface area contributed by atoms with Gasteiger partial charge in [0.2, 0.25) is 15.9 Å². The summed E-state index contributed by atoms with van der Waals surface area (Å²) >= 11 is 0. The number of benzene rings is 2. The first kappa shape index (κ1) is 20.0. The van der Waals surface area contributed by atoms with Gasteiger partial charge in [0.25, 0.3) is 0 Å². The molecular weight excluding hydrogens is 348 g/mol. The molecular formula is C20H26N2O3S. The minimum Gasteiger partial charge on any atom is -0.324 e. The summed E-state index contributed by atoms with van der Waals surface area (Å²) in [7, 11) is -3.63. The Balaban J connectivity index is 2.40. The van der Waals surface area contributed by atoms with Crippen molar-refractivity contribution in [2.45, 2.75) is 40.2 Å². The fraction of sp³-hybridized carbons (Fsp3) is 0.350. The SMILES string of the molecule is CCC(C(=O)Nc1cccc(C)c1)N(c1ccc(C)c(C)c1)S(C)(=O)=O. The molecule has 2 aromatic rings. The van der Waals surface area contributed by atoms with Crippen LogP contribution in [0.25, 0.3) is 0 Å². The van der Waals surface area contributed by atoms with Gasteiger partial charge in [-0.3, -0.25) is 9.10 Å². The summed E-state index contributed by atoms with van der Waals surface area (Å²) in [6.45, 7) is 7.63. The first-order valence-corrected chi connectivity index (χ1v) is 10.4. The second kappa shape index (κ2) is 7.91. The second-order valence-electron chi connectivity index (χ2n) is 6.61. The third-order valence-corrected chi connectivity index (χ3v) is 5.54. The standard InChI is InChI=1S/C20H26N2O3S/c1-6-19(20(23)21-17-9-7-8-14(2)12-17)22(26(5,24)25)18-11-10-15(3)16(4)13-18/h7-13,19H,6H2,1-5H3,(H,21,23). The van der Waals surface area contributed by atoms with Crippen molar-refractivity contribution in [3.63, 3.8) is 0 Å². The third-order valence-electron chi connectivity index (χ3n) is 4.36. The summed E-state index contributed by atoms with van der Waals surface area (Å²) < 4.78 is 26.2. The third kappa shape index (κ3) is 4.64. The van der Waals surface area contributed by atoms with Gasteiger partial charge < -0.3 is 5.32 Å². The van der Waals surface area contributed by atoms with Gasteiger partial charge in [0.15, 0.2) is 0 Å². The molecule has 0 bridgehead atoms. The number of nitrogens with zero attached hydrogens (tertiary/aromatic N) is 1. The predicted molar refractivity (Wildman–Crippen MR) is 107 cm³/mol. The lowest BCUT2D eigenvalue weighted by Gasteiger charge is -2.30. The highest BCUT2D eigenvalue weighted by Crippen LogP contribution is 2.25. The van der Waals surface area contributed by atoms with E-state index < -0.39 is 16.1 Å². The Kier molecular flexibility index (Phi) is 6.08. The van der Waals surface area contributed by atoms with Gasteiger partial charge in [-0.05, 0) is 68.1 Å². The van der Waals surface area contributed by atoms with E-state index in [0.717, 1.165) is 22.9 Å². The molecule has 0 radical (unpaired) electrons. The van der Waals surface area contributed by atoms with E-state index in [9.17, 15) is 13.2 Å². The van der Waals surface area contributed by atoms with Gasteiger partial charge >= 0.3 is 0 Å². The molecule has 0 aliphatic rings. The number of sulfonamides is 1. The van der Waals surface area contributed by atoms with E-state index in [1.54, 1.807) is 25.1 Å². The van der Waals surface area contributed by atoms with Crippen LogP contribution in [-0.4, -0.2) is 26.6 Å². The average Bonchev–Trinajstić information content (AvgIpc) is 2.54. The molecule has 0 saturated carbocycles. The van der Waals surface area contributed by atoms with Gasteiger partial charge in [-0.25, -0.2) is 8.42 Å². The molecule has 0 spiro atoms. The zero-order valence-corrected chi connectivity index (χ0v) is 16.7. The summed E-state index contributed by atoms with van der Waals surface area (Å²) in [6.07, 6.45) is 1.49. The van der Waals surface area contributed by atoms with E-state index in [1.165, 1.54) is 4.31 Å². The van der Waals surface area contributed by atoms with Crippen molar-refractivity contribution in [1.82, 2.24) is 0 Å². The van der Waals surface area contributed by atoms with Crippen LogP contribution in [-0.2, 0) is 14.8 Å². The molecule has 0 aromatic heterocycles. The van der Waals surface area contributed by atoms with Crippen LogP contribution in [0.15, 0.2) is 42.5 Å². The molecule has 6 heteroatoms. The molecule has 1 N–H and O–H groups in total. The maximum atomic E-state index is 12.9. The highest BCUT2D eigenvalue weighted by molar-refractivity contribution is 7.92. The number of carbonyl (C=O) groups is 1. The van der Waals surface area contributed by atoms with Crippen molar-refractivity contribution in [1.29, 1.82) is 0 Å². The molecule has 5 nitrogen and oxygen atoms in total. The number of rotatable bonds is 6. The van der Waals surface area contributed by atoms with Crippen molar-refractivity contribution in [3.8, 4) is 0 Å². The smallest absolute Gasteiger partial charge is 0.248 e. The van der Waals surface area contributed by atoms with Gasteiger partial charge in [-0.1, -0.05) is 25.1 Å². The van der Waals surface area contributed by atoms with Crippen LogP contribution in [0, 0.1) is 20.8 Å². The molecule has 1 unspecified atom stereocenters. The van der Waals surface area contributed by atoms with Crippen LogP contribution in [0.3, 0.4) is 0 Å². The van der Waals surface area contributed by atoms with Gasteiger partial charge in [-0.15, -0.1) is 0 Å². The van der Waals surface area contributed by atoms with Crippen LogP contribution >= 0.6 is 0 Å². The maximum Gasteiger partial charge on any atom is 0.248 e. The fourth-order valence-corrected chi connectivity index (χ4v) is 4.07. The Morgan fingerprint density at radius 1 is 1.08 bits per heavy atom. The molecule has 140 valence electrons. The number of aryl methyl sites for hydroxylation is 3. The number of nitrogens with one attached hydrogen (secondary N) is 1. The molecule has 0 fully saturated rings. The fourth-order valence-electron chi connectivity index (χ4n) is 2.87. The Morgan fingerprint density at radius 3 is 2.31 bits per heavy atom. The lowest BCUT2D eigenvalue weighted by Crippen LogP contribution is -2.47. The van der Waals surface area contributed by atoms with Crippen molar-refractivity contribution in [2.24, 2.45) is 0 Å². The van der Waals surface area contributed by atoms with Crippen LogP contribution in [0.5, 0.6) is 0 Å². The lowest BCUT2D eigenvalue weighted by molar-refractivity contribution is -0.117. The van der Waals surface area contributed by atoms with Gasteiger partial charge in [0, 0.05) is 5.69 Å². The summed E-state index contributed by atoms with van der Waals surface area (Å²) in [5.74, 6) is -0.346. The zero-order valence-electron chi connectivity index (χ0n) is 15.9. The number of carbonyl (C=O) groups excluding carboxylic acids is 1. The largest absolute Gasteiger partial charge is 0.324 e. The number of hydrogen-bond acceptors (Lipinski definition) is 3.